The van der Waals surface area contributed by atoms with Crippen molar-refractivity contribution in [2.45, 2.75) is 16.6 Å². The summed E-state index contributed by atoms with van der Waals surface area (Å²) in [5, 5.41) is 1.62. The van der Waals surface area contributed by atoms with Crippen LogP contribution in [0.2, 0.25) is 0 Å². The van der Waals surface area contributed by atoms with Gasteiger partial charge in [0, 0.05) is 28.6 Å². The van der Waals surface area contributed by atoms with Crippen LogP contribution in [-0.2, 0) is 11.2 Å². The van der Waals surface area contributed by atoms with Gasteiger partial charge in [-0.2, -0.15) is 0 Å². The number of nitrogens with zero attached hydrogens (tertiary/aromatic N) is 1. The van der Waals surface area contributed by atoms with Gasteiger partial charge < -0.3 is 9.64 Å². The maximum absolute atomic E-state index is 5.48. The van der Waals surface area contributed by atoms with Gasteiger partial charge in [-0.15, -0.1) is 11.8 Å². The summed E-state index contributed by atoms with van der Waals surface area (Å²) in [6.45, 7) is 3.78. The van der Waals surface area contributed by atoms with Crippen molar-refractivity contribution in [2.75, 3.05) is 38.7 Å². The van der Waals surface area contributed by atoms with Gasteiger partial charge in [0.1, 0.15) is 0 Å². The lowest BCUT2D eigenvalue weighted by Crippen LogP contribution is -2.30. The van der Waals surface area contributed by atoms with Gasteiger partial charge in [-0.3, -0.25) is 0 Å². The second-order valence-electron chi connectivity index (χ2n) is 4.62. The Balaban J connectivity index is 1.69. The summed E-state index contributed by atoms with van der Waals surface area (Å²) < 4.78 is 5.48. The van der Waals surface area contributed by atoms with Crippen LogP contribution < -0.4 is 0 Å². The molecule has 1 aliphatic heterocycles. The molecule has 0 aliphatic carbocycles. The number of fused-ring (bicyclic) bond motifs is 1. The van der Waals surface area contributed by atoms with Gasteiger partial charge in [0.2, 0.25) is 0 Å². The number of thioether (sulfide) groups is 1. The van der Waals surface area contributed by atoms with Crippen LogP contribution in [-0.4, -0.2) is 48.8 Å². The number of likely N-dealkylation sites (N-methyl/N-ethyl adjacent to an activating group) is 1. The Morgan fingerprint density at radius 3 is 3.00 bits per heavy atom. The molecule has 18 heavy (non-hydrogen) atoms. The molecular weight excluding hydrogens is 310 g/mol. The Morgan fingerprint density at radius 2 is 2.22 bits per heavy atom. The normalized spacial score (nSPS) is 18.3. The summed E-state index contributed by atoms with van der Waals surface area (Å²) in [5.41, 5.74) is 1.51. The number of alkyl halides is 1. The van der Waals surface area contributed by atoms with Gasteiger partial charge in [0.25, 0.3) is 0 Å². The van der Waals surface area contributed by atoms with Crippen LogP contribution in [0.4, 0.5) is 0 Å². The molecule has 2 rings (SSSR count). The molecule has 0 aromatic heterocycles. The Hall–Kier alpha value is -0.0300. The third kappa shape index (κ3) is 4.26. The van der Waals surface area contributed by atoms with Crippen molar-refractivity contribution in [2.24, 2.45) is 0 Å². The molecular formula is C14H20BrNOS. The largest absolute Gasteiger partial charge is 0.379 e. The van der Waals surface area contributed by atoms with Crippen LogP contribution in [0, 0.1) is 0 Å². The number of hydrogen-bond donors (Lipinski definition) is 0. The van der Waals surface area contributed by atoms with Gasteiger partial charge in [0.15, 0.2) is 0 Å². The lowest BCUT2D eigenvalue weighted by molar-refractivity contribution is 0.125. The van der Waals surface area contributed by atoms with Crippen LogP contribution in [0.25, 0.3) is 0 Å². The molecule has 0 saturated carbocycles. The van der Waals surface area contributed by atoms with E-state index < -0.39 is 0 Å². The first-order valence-corrected chi connectivity index (χ1v) is 8.36. The molecule has 2 nitrogen and oxygen atoms in total. The highest BCUT2D eigenvalue weighted by molar-refractivity contribution is 9.09. The average Bonchev–Trinajstić information content (AvgIpc) is 2.76. The van der Waals surface area contributed by atoms with E-state index in [2.05, 4.69) is 52.1 Å². The number of benzene rings is 1. The minimum atomic E-state index is 0.698. The third-order valence-corrected chi connectivity index (χ3v) is 4.69. The predicted octanol–water partition coefficient (Wildman–Crippen LogP) is 3.05. The molecule has 0 fully saturated rings. The van der Waals surface area contributed by atoms with Crippen molar-refractivity contribution >= 4 is 27.7 Å². The van der Waals surface area contributed by atoms with Crippen molar-refractivity contribution in [3.8, 4) is 0 Å². The van der Waals surface area contributed by atoms with Crippen LogP contribution in [0.15, 0.2) is 29.2 Å². The monoisotopic (exact) mass is 329 g/mol. The van der Waals surface area contributed by atoms with Crippen molar-refractivity contribution in [1.29, 1.82) is 0 Å². The van der Waals surface area contributed by atoms with Gasteiger partial charge in [-0.1, -0.05) is 34.1 Å². The lowest BCUT2D eigenvalue weighted by atomic mass is 10.1. The summed E-state index contributed by atoms with van der Waals surface area (Å²) in [6.07, 6.45) is 1.20. The molecule has 0 saturated heterocycles. The van der Waals surface area contributed by atoms with Crippen molar-refractivity contribution in [3.63, 3.8) is 0 Å². The average molecular weight is 330 g/mol. The summed E-state index contributed by atoms with van der Waals surface area (Å²) in [6, 6.07) is 8.76. The zero-order valence-corrected chi connectivity index (χ0v) is 13.2. The molecule has 1 atom stereocenters. The van der Waals surface area contributed by atoms with Gasteiger partial charge in [-0.25, -0.2) is 0 Å². The summed E-state index contributed by atoms with van der Waals surface area (Å²) in [4.78, 5) is 3.84. The fraction of sp³-hybridized carbons (Fsp3) is 0.571. The Kier molecular flexibility index (Phi) is 6.02. The SMILES string of the molecule is CN(CCOCCBr)CC1Cc2ccccc2S1. The molecule has 1 aromatic carbocycles. The molecule has 1 unspecified atom stereocenters. The first kappa shape index (κ1) is 14.4. The van der Waals surface area contributed by atoms with E-state index in [1.165, 1.54) is 16.9 Å². The number of rotatable bonds is 7. The smallest absolute Gasteiger partial charge is 0.0593 e. The second-order valence-corrected chi connectivity index (χ2v) is 6.75. The van der Waals surface area contributed by atoms with Crippen molar-refractivity contribution in [1.82, 2.24) is 4.90 Å². The van der Waals surface area contributed by atoms with E-state index in [1.807, 2.05) is 11.8 Å². The molecule has 0 spiro atoms. The van der Waals surface area contributed by atoms with Gasteiger partial charge in [-0.05, 0) is 25.1 Å². The minimum absolute atomic E-state index is 0.698. The Bertz CT molecular complexity index is 350. The topological polar surface area (TPSA) is 12.5 Å². The standard InChI is InChI=1S/C14H20BrNOS/c1-16(7-9-17-8-6-15)11-13-10-12-4-2-3-5-14(12)18-13/h2-5,13H,6-11H2,1H3. The summed E-state index contributed by atoms with van der Waals surface area (Å²) in [7, 11) is 2.18. The summed E-state index contributed by atoms with van der Waals surface area (Å²) in [5.74, 6) is 0. The van der Waals surface area contributed by atoms with E-state index in [4.69, 9.17) is 4.74 Å². The molecule has 0 radical (unpaired) electrons. The molecule has 1 aliphatic rings. The highest BCUT2D eigenvalue weighted by Gasteiger charge is 2.22. The summed E-state index contributed by atoms with van der Waals surface area (Å²) >= 11 is 5.38. The maximum Gasteiger partial charge on any atom is 0.0593 e. The van der Waals surface area contributed by atoms with Gasteiger partial charge >= 0.3 is 0 Å². The molecule has 4 heteroatoms. The maximum atomic E-state index is 5.48. The van der Waals surface area contributed by atoms with E-state index in [0.717, 1.165) is 31.6 Å². The molecule has 0 amide bonds. The first-order chi connectivity index (χ1) is 8.79. The van der Waals surface area contributed by atoms with E-state index in [0.29, 0.717) is 5.25 Å². The van der Waals surface area contributed by atoms with E-state index >= 15 is 0 Å². The number of ether oxygens (including phenoxy) is 1. The number of hydrogen-bond acceptors (Lipinski definition) is 3. The zero-order chi connectivity index (χ0) is 12.8. The van der Waals surface area contributed by atoms with Crippen LogP contribution in [0.5, 0.6) is 0 Å². The number of halogens is 1. The van der Waals surface area contributed by atoms with Crippen LogP contribution in [0.3, 0.4) is 0 Å². The van der Waals surface area contributed by atoms with E-state index in [9.17, 15) is 0 Å². The third-order valence-electron chi connectivity index (χ3n) is 3.07. The van der Waals surface area contributed by atoms with Crippen molar-refractivity contribution in [3.05, 3.63) is 29.8 Å². The first-order valence-electron chi connectivity index (χ1n) is 6.36. The van der Waals surface area contributed by atoms with Crippen LogP contribution in [0.1, 0.15) is 5.56 Å². The Labute approximate surface area is 122 Å². The van der Waals surface area contributed by atoms with E-state index in [-0.39, 0.29) is 0 Å². The van der Waals surface area contributed by atoms with Crippen LogP contribution >= 0.6 is 27.7 Å². The second kappa shape index (κ2) is 7.53. The lowest BCUT2D eigenvalue weighted by Gasteiger charge is -2.20. The molecule has 0 bridgehead atoms. The van der Waals surface area contributed by atoms with Gasteiger partial charge in [0.05, 0.1) is 13.2 Å². The molecule has 1 aromatic rings. The highest BCUT2D eigenvalue weighted by Crippen LogP contribution is 2.36. The fourth-order valence-corrected chi connectivity index (χ4v) is 3.81. The zero-order valence-electron chi connectivity index (χ0n) is 10.8. The Morgan fingerprint density at radius 1 is 1.39 bits per heavy atom. The predicted molar refractivity (Wildman–Crippen MR) is 81.9 cm³/mol. The highest BCUT2D eigenvalue weighted by atomic mass is 79.9. The van der Waals surface area contributed by atoms with Crippen molar-refractivity contribution < 1.29 is 4.74 Å². The molecule has 100 valence electrons. The molecule has 1 heterocycles. The fourth-order valence-electron chi connectivity index (χ4n) is 2.17. The quantitative estimate of drug-likeness (QED) is 0.563. The van der Waals surface area contributed by atoms with E-state index in [1.54, 1.807) is 0 Å². The molecule has 0 N–H and O–H groups in total. The minimum Gasteiger partial charge on any atom is -0.379 e.